The maximum atomic E-state index is 12.9. The second kappa shape index (κ2) is 8.14. The third-order valence-corrected chi connectivity index (χ3v) is 4.75. The van der Waals surface area contributed by atoms with Gasteiger partial charge in [-0.15, -0.1) is 0 Å². The summed E-state index contributed by atoms with van der Waals surface area (Å²) >= 11 is 0. The van der Waals surface area contributed by atoms with E-state index in [0.717, 1.165) is 12.1 Å². The fourth-order valence-electron chi connectivity index (χ4n) is 3.08. The van der Waals surface area contributed by atoms with Crippen LogP contribution < -0.4 is 5.32 Å². The van der Waals surface area contributed by atoms with Crippen LogP contribution in [-0.4, -0.2) is 53.1 Å². The molecule has 1 atom stereocenters. The molecule has 0 aliphatic carbocycles. The van der Waals surface area contributed by atoms with Crippen LogP contribution in [0.1, 0.15) is 40.3 Å². The minimum Gasteiger partial charge on any atom is -0.351 e. The molecule has 2 aromatic rings. The Kier molecular flexibility index (Phi) is 5.81. The molecule has 29 heavy (non-hydrogen) atoms. The van der Waals surface area contributed by atoms with Crippen LogP contribution in [-0.2, 0) is 6.18 Å². The molecule has 2 heterocycles. The third-order valence-electron chi connectivity index (χ3n) is 4.75. The lowest BCUT2D eigenvalue weighted by Gasteiger charge is -2.34. The van der Waals surface area contributed by atoms with Crippen LogP contribution in [0.15, 0.2) is 34.9 Å². The van der Waals surface area contributed by atoms with E-state index in [2.05, 4.69) is 10.5 Å². The van der Waals surface area contributed by atoms with Gasteiger partial charge in [0.25, 0.3) is 5.91 Å². The van der Waals surface area contributed by atoms with Crippen LogP contribution in [0.2, 0.25) is 0 Å². The lowest BCUT2D eigenvalue weighted by Crippen LogP contribution is -2.53. The maximum Gasteiger partial charge on any atom is 0.416 e. The summed E-state index contributed by atoms with van der Waals surface area (Å²) < 4.78 is 43.6. The van der Waals surface area contributed by atoms with Crippen molar-refractivity contribution in [1.82, 2.24) is 20.3 Å². The number of benzene rings is 1. The van der Waals surface area contributed by atoms with Crippen LogP contribution in [0.25, 0.3) is 0 Å². The zero-order valence-electron chi connectivity index (χ0n) is 16.0. The summed E-state index contributed by atoms with van der Waals surface area (Å²) in [5.74, 6) is -0.137. The predicted octanol–water partition coefficient (Wildman–Crippen LogP) is 3.23. The third kappa shape index (κ3) is 4.87. The van der Waals surface area contributed by atoms with Gasteiger partial charge in [-0.3, -0.25) is 4.79 Å². The van der Waals surface area contributed by atoms with E-state index in [9.17, 15) is 22.8 Å². The number of aromatic nitrogens is 1. The number of halogens is 3. The number of aryl methyl sites for hydroxylation is 1. The van der Waals surface area contributed by atoms with Gasteiger partial charge >= 0.3 is 12.2 Å². The van der Waals surface area contributed by atoms with E-state index in [4.69, 9.17) is 4.52 Å². The van der Waals surface area contributed by atoms with Crippen LogP contribution in [0.5, 0.6) is 0 Å². The van der Waals surface area contributed by atoms with Crippen molar-refractivity contribution in [2.75, 3.05) is 26.2 Å². The van der Waals surface area contributed by atoms with Crippen LogP contribution >= 0.6 is 0 Å². The zero-order chi connectivity index (χ0) is 21.2. The van der Waals surface area contributed by atoms with E-state index in [1.807, 2.05) is 0 Å². The lowest BCUT2D eigenvalue weighted by molar-refractivity contribution is -0.137. The highest BCUT2D eigenvalue weighted by molar-refractivity contribution is 5.91. The molecule has 1 aliphatic heterocycles. The SMILES string of the molecule is Cc1cc(C(=O)N2CCN(C(=O)NC(C)c3cccc(C(F)(F)F)c3)CC2)on1. The molecule has 0 radical (unpaired) electrons. The first-order valence-corrected chi connectivity index (χ1v) is 9.10. The molecule has 1 saturated heterocycles. The number of urea groups is 1. The number of amides is 3. The zero-order valence-corrected chi connectivity index (χ0v) is 16.0. The number of piperazine rings is 1. The van der Waals surface area contributed by atoms with Gasteiger partial charge in [-0.25, -0.2) is 4.79 Å². The first-order valence-electron chi connectivity index (χ1n) is 9.10. The number of carbonyl (C=O) groups is 2. The van der Waals surface area contributed by atoms with Crippen molar-refractivity contribution in [3.05, 3.63) is 52.9 Å². The molecule has 3 rings (SSSR count). The normalized spacial score (nSPS) is 15.9. The van der Waals surface area contributed by atoms with Crippen molar-refractivity contribution in [3.63, 3.8) is 0 Å². The number of carbonyl (C=O) groups excluding carboxylic acids is 2. The van der Waals surface area contributed by atoms with Crippen LogP contribution in [0.4, 0.5) is 18.0 Å². The van der Waals surface area contributed by atoms with E-state index in [1.54, 1.807) is 24.8 Å². The largest absolute Gasteiger partial charge is 0.416 e. The Morgan fingerprint density at radius 1 is 1.14 bits per heavy atom. The van der Waals surface area contributed by atoms with Gasteiger partial charge in [0.2, 0.25) is 5.76 Å². The fourth-order valence-corrected chi connectivity index (χ4v) is 3.08. The average Bonchev–Trinajstić information content (AvgIpc) is 3.13. The summed E-state index contributed by atoms with van der Waals surface area (Å²) in [7, 11) is 0. The topological polar surface area (TPSA) is 78.7 Å². The molecule has 1 aromatic carbocycles. The Bertz CT molecular complexity index is 889. The Labute approximate surface area is 165 Å². The Morgan fingerprint density at radius 2 is 1.79 bits per heavy atom. The molecule has 1 fully saturated rings. The summed E-state index contributed by atoms with van der Waals surface area (Å²) in [4.78, 5) is 27.9. The molecule has 0 bridgehead atoms. The summed E-state index contributed by atoms with van der Waals surface area (Å²) in [6, 6.07) is 5.44. The van der Waals surface area contributed by atoms with Gasteiger partial charge in [0.1, 0.15) is 0 Å². The minimum atomic E-state index is -4.44. The first kappa shape index (κ1) is 20.7. The number of hydrogen-bond acceptors (Lipinski definition) is 4. The molecular formula is C19H21F3N4O3. The minimum absolute atomic E-state index is 0.151. The number of alkyl halides is 3. The molecular weight excluding hydrogens is 389 g/mol. The molecule has 1 N–H and O–H groups in total. The van der Waals surface area contributed by atoms with Crippen molar-refractivity contribution in [2.24, 2.45) is 0 Å². The van der Waals surface area contributed by atoms with Gasteiger partial charge in [0.15, 0.2) is 0 Å². The first-order chi connectivity index (χ1) is 13.6. The smallest absolute Gasteiger partial charge is 0.351 e. The van der Waals surface area contributed by atoms with Gasteiger partial charge in [0.05, 0.1) is 17.3 Å². The summed E-state index contributed by atoms with van der Waals surface area (Å²) in [5.41, 5.74) is 0.212. The molecule has 7 nitrogen and oxygen atoms in total. The monoisotopic (exact) mass is 410 g/mol. The van der Waals surface area contributed by atoms with E-state index >= 15 is 0 Å². The van der Waals surface area contributed by atoms with Gasteiger partial charge in [-0.1, -0.05) is 17.3 Å². The van der Waals surface area contributed by atoms with Gasteiger partial charge in [-0.05, 0) is 31.5 Å². The number of nitrogens with one attached hydrogen (secondary N) is 1. The average molecular weight is 410 g/mol. The molecule has 0 spiro atoms. The second-order valence-electron chi connectivity index (χ2n) is 6.91. The number of nitrogens with zero attached hydrogens (tertiary/aromatic N) is 3. The van der Waals surface area contributed by atoms with Gasteiger partial charge < -0.3 is 19.6 Å². The fraction of sp³-hybridized carbons (Fsp3) is 0.421. The van der Waals surface area contributed by atoms with E-state index < -0.39 is 23.8 Å². The standard InChI is InChI=1S/C19H21F3N4O3/c1-12-10-16(29-24-12)17(27)25-6-8-26(9-7-25)18(28)23-13(2)14-4-3-5-15(11-14)19(20,21)22/h3-5,10-11,13H,6-9H2,1-2H3,(H,23,28). The molecule has 1 unspecified atom stereocenters. The predicted molar refractivity (Wildman–Crippen MR) is 97.1 cm³/mol. The van der Waals surface area contributed by atoms with Crippen molar-refractivity contribution < 1.29 is 27.3 Å². The van der Waals surface area contributed by atoms with Crippen molar-refractivity contribution in [2.45, 2.75) is 26.1 Å². The van der Waals surface area contributed by atoms with Crippen molar-refractivity contribution in [1.29, 1.82) is 0 Å². The Balaban J connectivity index is 1.55. The summed E-state index contributed by atoms with van der Waals surface area (Å²) in [6.07, 6.45) is -4.44. The Morgan fingerprint density at radius 3 is 2.38 bits per heavy atom. The van der Waals surface area contributed by atoms with Crippen LogP contribution in [0.3, 0.4) is 0 Å². The van der Waals surface area contributed by atoms with Crippen molar-refractivity contribution in [3.8, 4) is 0 Å². The van der Waals surface area contributed by atoms with E-state index in [1.165, 1.54) is 17.0 Å². The summed E-state index contributed by atoms with van der Waals surface area (Å²) in [5, 5.41) is 6.40. The molecule has 1 aliphatic rings. The van der Waals surface area contributed by atoms with Crippen LogP contribution in [0, 0.1) is 6.92 Å². The lowest BCUT2D eigenvalue weighted by atomic mass is 10.1. The quantitative estimate of drug-likeness (QED) is 0.843. The summed E-state index contributed by atoms with van der Waals surface area (Å²) in [6.45, 7) is 4.60. The molecule has 1 aromatic heterocycles. The highest BCUT2D eigenvalue weighted by Crippen LogP contribution is 2.30. The van der Waals surface area contributed by atoms with Gasteiger partial charge in [0, 0.05) is 32.2 Å². The number of hydrogen-bond donors (Lipinski definition) is 1. The highest BCUT2D eigenvalue weighted by Gasteiger charge is 2.31. The van der Waals surface area contributed by atoms with E-state index in [0.29, 0.717) is 37.4 Å². The Hall–Kier alpha value is -3.04. The second-order valence-corrected chi connectivity index (χ2v) is 6.91. The van der Waals surface area contributed by atoms with Gasteiger partial charge in [-0.2, -0.15) is 13.2 Å². The molecule has 156 valence electrons. The molecule has 3 amide bonds. The molecule has 0 saturated carbocycles. The number of rotatable bonds is 3. The highest BCUT2D eigenvalue weighted by atomic mass is 19.4. The van der Waals surface area contributed by atoms with Crippen molar-refractivity contribution >= 4 is 11.9 Å². The van der Waals surface area contributed by atoms with E-state index in [-0.39, 0.29) is 11.7 Å². The molecule has 10 heteroatoms. The maximum absolute atomic E-state index is 12.9.